The Morgan fingerprint density at radius 1 is 0.719 bits per heavy atom. The van der Waals surface area contributed by atoms with E-state index in [9.17, 15) is 30.6 Å². The molecule has 2 saturated heterocycles. The summed E-state index contributed by atoms with van der Waals surface area (Å²) in [6.07, 6.45) is -12.2. The Morgan fingerprint density at radius 3 is 1.91 bits per heavy atom. The van der Waals surface area contributed by atoms with E-state index in [-0.39, 0.29) is 6.61 Å². The first kappa shape index (κ1) is 28.0. The molecule has 12 heteroatoms. The SMILES string of the molecule is CCCO[C@H]1[C@@H](O)[C@@H](CO)O[C@@H](O[C@@H]2[C@H](O)[C@@H](O)[C@@H](OCC[Si](C)(C)C)O[C@@H]2CO)[C@@H]1O. The van der Waals surface area contributed by atoms with E-state index < -0.39 is 82.7 Å². The predicted molar refractivity (Wildman–Crippen MR) is 115 cm³/mol. The average Bonchev–Trinajstić information content (AvgIpc) is 2.73. The third-order valence-corrected chi connectivity index (χ3v) is 7.29. The van der Waals surface area contributed by atoms with Crippen LogP contribution in [0.2, 0.25) is 25.7 Å². The zero-order chi connectivity index (χ0) is 24.1. The molecular formula is C20H40O11Si. The average molecular weight is 485 g/mol. The van der Waals surface area contributed by atoms with Gasteiger partial charge in [0.25, 0.3) is 0 Å². The maximum absolute atomic E-state index is 10.7. The highest BCUT2D eigenvalue weighted by molar-refractivity contribution is 6.76. The van der Waals surface area contributed by atoms with Crippen LogP contribution in [0.4, 0.5) is 0 Å². The zero-order valence-corrected chi connectivity index (χ0v) is 20.2. The molecule has 190 valence electrons. The third kappa shape index (κ3) is 7.14. The molecule has 0 unspecified atom stereocenters. The lowest BCUT2D eigenvalue weighted by Crippen LogP contribution is -2.65. The lowest BCUT2D eigenvalue weighted by atomic mass is 9.97. The number of aliphatic hydroxyl groups excluding tert-OH is 6. The van der Waals surface area contributed by atoms with E-state index in [2.05, 4.69) is 19.6 Å². The summed E-state index contributed by atoms with van der Waals surface area (Å²) in [5.74, 6) is 0. The van der Waals surface area contributed by atoms with Crippen LogP contribution in [-0.4, -0.2) is 127 Å². The number of ether oxygens (including phenoxy) is 5. The zero-order valence-electron chi connectivity index (χ0n) is 19.2. The molecule has 10 atom stereocenters. The fraction of sp³-hybridized carbons (Fsp3) is 1.00. The summed E-state index contributed by atoms with van der Waals surface area (Å²) in [6, 6.07) is 0.825. The van der Waals surface area contributed by atoms with E-state index in [0.29, 0.717) is 13.0 Å². The summed E-state index contributed by atoms with van der Waals surface area (Å²) in [5, 5.41) is 61.4. The van der Waals surface area contributed by atoms with Crippen molar-refractivity contribution < 1.29 is 54.3 Å². The first-order valence-corrected chi connectivity index (χ1v) is 14.9. The molecule has 32 heavy (non-hydrogen) atoms. The maximum Gasteiger partial charge on any atom is 0.187 e. The Morgan fingerprint density at radius 2 is 1.34 bits per heavy atom. The molecule has 0 aromatic rings. The summed E-state index contributed by atoms with van der Waals surface area (Å²) >= 11 is 0. The first-order valence-electron chi connectivity index (χ1n) is 11.2. The molecule has 2 rings (SSSR count). The Balaban J connectivity index is 2.08. The van der Waals surface area contributed by atoms with Gasteiger partial charge in [-0.05, 0) is 12.5 Å². The molecule has 0 radical (unpaired) electrons. The molecule has 11 nitrogen and oxygen atoms in total. The van der Waals surface area contributed by atoms with Crippen LogP contribution in [0.1, 0.15) is 13.3 Å². The Labute approximate surface area is 189 Å². The van der Waals surface area contributed by atoms with Gasteiger partial charge >= 0.3 is 0 Å². The summed E-state index contributed by atoms with van der Waals surface area (Å²) < 4.78 is 27.9. The van der Waals surface area contributed by atoms with Crippen molar-refractivity contribution in [1.82, 2.24) is 0 Å². The molecule has 2 aliphatic heterocycles. The molecule has 2 fully saturated rings. The van der Waals surface area contributed by atoms with Crippen LogP contribution in [0.3, 0.4) is 0 Å². The number of aliphatic hydroxyl groups is 6. The van der Waals surface area contributed by atoms with Gasteiger partial charge in [0.2, 0.25) is 0 Å². The highest BCUT2D eigenvalue weighted by Crippen LogP contribution is 2.30. The fourth-order valence-corrected chi connectivity index (χ4v) is 4.34. The Hall–Kier alpha value is -0.223. The van der Waals surface area contributed by atoms with Crippen LogP contribution in [0, 0.1) is 0 Å². The summed E-state index contributed by atoms with van der Waals surface area (Å²) in [6.45, 7) is 7.88. The molecule has 6 N–H and O–H groups in total. The van der Waals surface area contributed by atoms with Gasteiger partial charge in [0.1, 0.15) is 48.8 Å². The van der Waals surface area contributed by atoms with Crippen LogP contribution < -0.4 is 0 Å². The lowest BCUT2D eigenvalue weighted by Gasteiger charge is -2.46. The third-order valence-electron chi connectivity index (χ3n) is 5.58. The van der Waals surface area contributed by atoms with Crippen LogP contribution in [-0.2, 0) is 23.7 Å². The smallest absolute Gasteiger partial charge is 0.187 e. The number of hydrogen-bond donors (Lipinski definition) is 6. The summed E-state index contributed by atoms with van der Waals surface area (Å²) in [4.78, 5) is 0. The summed E-state index contributed by atoms with van der Waals surface area (Å²) in [5.41, 5.74) is 0. The quantitative estimate of drug-likeness (QED) is 0.187. The van der Waals surface area contributed by atoms with Crippen molar-refractivity contribution >= 4 is 8.07 Å². The van der Waals surface area contributed by atoms with Crippen molar-refractivity contribution in [2.45, 2.75) is 100 Å². The lowest BCUT2D eigenvalue weighted by molar-refractivity contribution is -0.361. The topological polar surface area (TPSA) is 168 Å². The van der Waals surface area contributed by atoms with Gasteiger partial charge < -0.3 is 54.3 Å². The first-order chi connectivity index (χ1) is 15.0. The second kappa shape index (κ2) is 12.5. The number of hydrogen-bond acceptors (Lipinski definition) is 11. The van der Waals surface area contributed by atoms with Crippen molar-refractivity contribution in [3.05, 3.63) is 0 Å². The van der Waals surface area contributed by atoms with Gasteiger partial charge in [0.05, 0.1) is 13.2 Å². The van der Waals surface area contributed by atoms with Gasteiger partial charge in [-0.1, -0.05) is 26.6 Å². The van der Waals surface area contributed by atoms with Gasteiger partial charge in [-0.25, -0.2) is 0 Å². The molecule has 0 aromatic carbocycles. The molecule has 0 spiro atoms. The van der Waals surface area contributed by atoms with Crippen molar-refractivity contribution in [2.24, 2.45) is 0 Å². The summed E-state index contributed by atoms with van der Waals surface area (Å²) in [7, 11) is -1.38. The van der Waals surface area contributed by atoms with Crippen molar-refractivity contribution in [2.75, 3.05) is 26.4 Å². The fourth-order valence-electron chi connectivity index (χ4n) is 3.61. The highest BCUT2D eigenvalue weighted by atomic mass is 28.3. The van der Waals surface area contributed by atoms with E-state index in [1.807, 2.05) is 6.92 Å². The van der Waals surface area contributed by atoms with Crippen LogP contribution in [0.5, 0.6) is 0 Å². The minimum atomic E-state index is -1.51. The molecule has 0 aromatic heterocycles. The standard InChI is InChI=1S/C20H40O11Si/c1-5-6-27-18-13(23)11(9-21)29-20(16(18)26)31-17-12(10-22)30-19(15(25)14(17)24)28-7-8-32(2,3)4/h11-26H,5-10H2,1-4H3/t11-,12-,13+,14-,15-,16-,17+,18+,19+,20+/m1/s1. The van der Waals surface area contributed by atoms with Gasteiger partial charge in [-0.2, -0.15) is 0 Å². The Bertz CT molecular complexity index is 546. The second-order valence-electron chi connectivity index (χ2n) is 9.53. The second-order valence-corrected chi connectivity index (χ2v) is 15.2. The minimum absolute atomic E-state index is 0.257. The number of rotatable bonds is 11. The van der Waals surface area contributed by atoms with Gasteiger partial charge in [-0.15, -0.1) is 0 Å². The van der Waals surface area contributed by atoms with Crippen LogP contribution in [0.25, 0.3) is 0 Å². The van der Waals surface area contributed by atoms with Crippen molar-refractivity contribution in [3.8, 4) is 0 Å². The van der Waals surface area contributed by atoms with E-state index in [1.165, 1.54) is 0 Å². The molecule has 2 heterocycles. The molecule has 0 aliphatic carbocycles. The Kier molecular flexibility index (Phi) is 10.9. The highest BCUT2D eigenvalue weighted by Gasteiger charge is 2.51. The van der Waals surface area contributed by atoms with Crippen LogP contribution in [0.15, 0.2) is 0 Å². The van der Waals surface area contributed by atoms with Crippen LogP contribution >= 0.6 is 0 Å². The van der Waals surface area contributed by atoms with Gasteiger partial charge in [-0.3, -0.25) is 0 Å². The molecule has 0 saturated carbocycles. The maximum atomic E-state index is 10.7. The van der Waals surface area contributed by atoms with Crippen molar-refractivity contribution in [1.29, 1.82) is 0 Å². The van der Waals surface area contributed by atoms with E-state index in [0.717, 1.165) is 6.04 Å². The van der Waals surface area contributed by atoms with E-state index in [4.69, 9.17) is 23.7 Å². The predicted octanol–water partition coefficient (Wildman–Crippen LogP) is -1.60. The molecule has 2 aliphatic rings. The normalized spacial score (nSPS) is 41.1. The van der Waals surface area contributed by atoms with E-state index in [1.54, 1.807) is 0 Å². The van der Waals surface area contributed by atoms with Gasteiger partial charge in [0.15, 0.2) is 12.6 Å². The molecule has 0 amide bonds. The van der Waals surface area contributed by atoms with E-state index >= 15 is 0 Å². The monoisotopic (exact) mass is 484 g/mol. The van der Waals surface area contributed by atoms with Crippen molar-refractivity contribution in [3.63, 3.8) is 0 Å². The van der Waals surface area contributed by atoms with Gasteiger partial charge in [0, 0.05) is 21.3 Å². The molecule has 0 bridgehead atoms. The molecular weight excluding hydrogens is 444 g/mol. The largest absolute Gasteiger partial charge is 0.394 e. The minimum Gasteiger partial charge on any atom is -0.394 e.